The Bertz CT molecular complexity index is 841. The second kappa shape index (κ2) is 6.70. The number of fused-ring (bicyclic) bond motifs is 5. The summed E-state index contributed by atoms with van der Waals surface area (Å²) in [4.78, 5) is 9.04. The maximum atomic E-state index is 4.88. The summed E-state index contributed by atoms with van der Waals surface area (Å²) in [5.74, 6) is 0. The molecule has 2 aromatic carbocycles. The van der Waals surface area contributed by atoms with E-state index in [1.807, 2.05) is 24.5 Å². The zero-order valence-corrected chi connectivity index (χ0v) is 14.5. The molecule has 0 aliphatic carbocycles. The molecule has 0 amide bonds. The Labute approximate surface area is 138 Å². The number of halogens is 2. The molecule has 5 heteroatoms. The average Bonchev–Trinajstić information content (AvgIpc) is 2.55. The van der Waals surface area contributed by atoms with E-state index in [0.29, 0.717) is 0 Å². The van der Waals surface area contributed by atoms with Crippen molar-refractivity contribution >= 4 is 51.4 Å². The Hall–Kier alpha value is -1.21. The fourth-order valence-corrected chi connectivity index (χ4v) is 2.49. The Morgan fingerprint density at radius 3 is 1.57 bits per heavy atom. The van der Waals surface area contributed by atoms with Crippen molar-refractivity contribution in [1.82, 2.24) is 9.97 Å². The van der Waals surface area contributed by atoms with E-state index in [0.717, 1.165) is 27.2 Å². The first kappa shape index (κ1) is 14.7. The van der Waals surface area contributed by atoms with Crippen LogP contribution in [0.25, 0.3) is 32.6 Å². The van der Waals surface area contributed by atoms with Crippen LogP contribution in [0.2, 0.25) is 0 Å². The van der Waals surface area contributed by atoms with Crippen LogP contribution in [0, 0.1) is 0 Å². The van der Waals surface area contributed by atoms with Crippen molar-refractivity contribution in [2.45, 2.75) is 0 Å². The number of hydrogen-bond acceptors (Lipinski definition) is 2. The summed E-state index contributed by atoms with van der Waals surface area (Å²) in [5.41, 5.74) is 2.05. The molecule has 2 aromatic heterocycles. The van der Waals surface area contributed by atoms with Gasteiger partial charge in [0.1, 0.15) is 0 Å². The van der Waals surface area contributed by atoms with Crippen molar-refractivity contribution in [3.8, 4) is 0 Å². The van der Waals surface area contributed by atoms with Crippen LogP contribution in [-0.2, 0) is 16.5 Å². The van der Waals surface area contributed by atoms with Crippen LogP contribution < -0.4 is 0 Å². The second-order valence-electron chi connectivity index (χ2n) is 4.42. The van der Waals surface area contributed by atoms with Crippen LogP contribution in [0.5, 0.6) is 0 Å². The van der Waals surface area contributed by atoms with Crippen LogP contribution in [0.15, 0.2) is 60.9 Å². The van der Waals surface area contributed by atoms with Crippen LogP contribution >= 0.6 is 18.8 Å². The third kappa shape index (κ3) is 2.89. The molecular formula is C16H10Cl2N2Pt. The molecule has 21 heavy (non-hydrogen) atoms. The van der Waals surface area contributed by atoms with Crippen molar-refractivity contribution in [1.29, 1.82) is 0 Å². The maximum absolute atomic E-state index is 4.88. The number of hydrogen-bond donors (Lipinski definition) is 0. The summed E-state index contributed by atoms with van der Waals surface area (Å²) in [7, 11) is 9.75. The monoisotopic (exact) mass is 495 g/mol. The van der Waals surface area contributed by atoms with Gasteiger partial charge in [0.2, 0.25) is 0 Å². The zero-order chi connectivity index (χ0) is 14.7. The molecule has 4 rings (SSSR count). The van der Waals surface area contributed by atoms with Gasteiger partial charge in [-0.15, -0.1) is 0 Å². The van der Waals surface area contributed by atoms with Crippen molar-refractivity contribution in [2.75, 3.05) is 0 Å². The van der Waals surface area contributed by atoms with Crippen LogP contribution in [0.1, 0.15) is 0 Å². The fourth-order valence-electron chi connectivity index (χ4n) is 2.49. The minimum absolute atomic E-state index is 0.472. The van der Waals surface area contributed by atoms with E-state index in [9.17, 15) is 0 Å². The van der Waals surface area contributed by atoms with Gasteiger partial charge in [-0.2, -0.15) is 0 Å². The predicted molar refractivity (Wildman–Crippen MR) is 86.3 cm³/mol. The SMILES string of the molecule is [Cl][Pt][Cl].c1cnc2c(c1)ccc1ccc3cccnc3c12. The molecule has 0 N–H and O–H groups in total. The average molecular weight is 496 g/mol. The summed E-state index contributed by atoms with van der Waals surface area (Å²) in [6.45, 7) is 0. The van der Waals surface area contributed by atoms with E-state index in [2.05, 4.69) is 46.4 Å². The van der Waals surface area contributed by atoms with Gasteiger partial charge in [-0.05, 0) is 17.5 Å². The molecule has 0 saturated heterocycles. The Morgan fingerprint density at radius 2 is 1.10 bits per heavy atom. The molecule has 2 heterocycles. The van der Waals surface area contributed by atoms with Crippen LogP contribution in [0.3, 0.4) is 0 Å². The normalized spacial score (nSPS) is 10.8. The molecule has 4 aromatic rings. The summed E-state index contributed by atoms with van der Waals surface area (Å²) < 4.78 is 0. The summed E-state index contributed by atoms with van der Waals surface area (Å²) >= 11 is -0.472. The first-order chi connectivity index (χ1) is 10.3. The summed E-state index contributed by atoms with van der Waals surface area (Å²) in [6, 6.07) is 16.6. The number of aromatic nitrogens is 2. The first-order valence-electron chi connectivity index (χ1n) is 6.18. The van der Waals surface area contributed by atoms with E-state index in [4.69, 9.17) is 18.8 Å². The van der Waals surface area contributed by atoms with E-state index < -0.39 is 16.5 Å². The van der Waals surface area contributed by atoms with Crippen molar-refractivity contribution in [2.24, 2.45) is 0 Å². The Morgan fingerprint density at radius 1 is 0.667 bits per heavy atom. The molecule has 0 aliphatic rings. The van der Waals surface area contributed by atoms with Gasteiger partial charge in [0.15, 0.2) is 0 Å². The largest absolute Gasteiger partial charge is 0.256 e. The van der Waals surface area contributed by atoms with Crippen LogP contribution in [0.4, 0.5) is 0 Å². The molecule has 108 valence electrons. The van der Waals surface area contributed by atoms with Crippen molar-refractivity contribution < 1.29 is 16.5 Å². The predicted octanol–water partition coefficient (Wildman–Crippen LogP) is 5.31. The van der Waals surface area contributed by atoms with Crippen LogP contribution in [-0.4, -0.2) is 9.97 Å². The van der Waals surface area contributed by atoms with Gasteiger partial charge < -0.3 is 0 Å². The van der Waals surface area contributed by atoms with E-state index >= 15 is 0 Å². The fraction of sp³-hybridized carbons (Fsp3) is 0. The third-order valence-corrected chi connectivity index (χ3v) is 3.33. The van der Waals surface area contributed by atoms with Gasteiger partial charge in [0.05, 0.1) is 11.0 Å². The number of rotatable bonds is 0. The standard InChI is InChI=1S/C16H10N2.2ClH.Pt/c1-3-12-7-5-11-6-8-13-4-2-10-18-16(13)14(11)15(12)17-9-1;;;/h1-10H;2*1H;/q;;;+2/p-2. The third-order valence-electron chi connectivity index (χ3n) is 3.33. The zero-order valence-electron chi connectivity index (χ0n) is 10.7. The molecule has 0 fully saturated rings. The second-order valence-corrected chi connectivity index (χ2v) is 7.71. The molecule has 0 saturated carbocycles. The molecule has 0 aliphatic heterocycles. The molecular weight excluding hydrogens is 486 g/mol. The van der Waals surface area contributed by atoms with Gasteiger partial charge >= 0.3 is 35.3 Å². The number of nitrogens with zero attached hydrogens (tertiary/aromatic N) is 2. The van der Waals surface area contributed by atoms with Crippen molar-refractivity contribution in [3.63, 3.8) is 0 Å². The molecule has 0 atom stereocenters. The van der Waals surface area contributed by atoms with Crippen molar-refractivity contribution in [3.05, 3.63) is 60.9 Å². The molecule has 2 nitrogen and oxygen atoms in total. The summed E-state index contributed by atoms with van der Waals surface area (Å²) in [5, 5.41) is 4.64. The first-order valence-corrected chi connectivity index (χ1v) is 11.8. The quantitative estimate of drug-likeness (QED) is 0.309. The van der Waals surface area contributed by atoms with Gasteiger partial charge in [-0.1, -0.05) is 36.4 Å². The van der Waals surface area contributed by atoms with Gasteiger partial charge in [0.25, 0.3) is 0 Å². The Kier molecular flexibility index (Phi) is 4.69. The van der Waals surface area contributed by atoms with Gasteiger partial charge in [-0.25, -0.2) is 0 Å². The molecule has 0 radical (unpaired) electrons. The van der Waals surface area contributed by atoms with E-state index in [-0.39, 0.29) is 0 Å². The molecule has 0 spiro atoms. The van der Waals surface area contributed by atoms with E-state index in [1.165, 1.54) is 5.39 Å². The Balaban J connectivity index is 0.000000409. The minimum Gasteiger partial charge on any atom is -0.256 e. The maximum Gasteiger partial charge on any atom is 0.0802 e. The van der Waals surface area contributed by atoms with Gasteiger partial charge in [0, 0.05) is 28.6 Å². The summed E-state index contributed by atoms with van der Waals surface area (Å²) in [6.07, 6.45) is 3.67. The number of benzene rings is 2. The van der Waals surface area contributed by atoms with Gasteiger partial charge in [-0.3, -0.25) is 9.97 Å². The number of pyridine rings is 2. The van der Waals surface area contributed by atoms with E-state index in [1.54, 1.807) is 0 Å². The topological polar surface area (TPSA) is 25.8 Å². The smallest absolute Gasteiger partial charge is 0.0802 e. The molecule has 0 unspecified atom stereocenters. The molecule has 0 bridgehead atoms. The minimum atomic E-state index is -0.472.